The molecular formula is C13H15ClN4OS. The molecule has 2 aromatic heterocycles. The molecule has 0 aliphatic heterocycles. The Morgan fingerprint density at radius 3 is 2.35 bits per heavy atom. The third kappa shape index (κ3) is 3.65. The van der Waals surface area contributed by atoms with E-state index >= 15 is 0 Å². The highest BCUT2D eigenvalue weighted by Gasteiger charge is 2.09. The molecule has 0 aliphatic rings. The highest BCUT2D eigenvalue weighted by molar-refractivity contribution is 7.99. The standard InChI is InChI=1S/C13H15ClN4OS/c1-7-8(2)15-13(16-9(7)3)20-12-5-10(14)17-11(18-12)6-19-4/h5H,6H2,1-4H3. The molecule has 106 valence electrons. The highest BCUT2D eigenvalue weighted by atomic mass is 35.5. The van der Waals surface area contributed by atoms with Crippen molar-refractivity contribution in [2.45, 2.75) is 37.6 Å². The summed E-state index contributed by atoms with van der Waals surface area (Å²) >= 11 is 7.34. The number of halogens is 1. The molecule has 2 rings (SSSR count). The van der Waals surface area contributed by atoms with Gasteiger partial charge in [-0.2, -0.15) is 0 Å². The molecule has 0 aromatic carbocycles. The Morgan fingerprint density at radius 1 is 1.10 bits per heavy atom. The lowest BCUT2D eigenvalue weighted by molar-refractivity contribution is 0.177. The van der Waals surface area contributed by atoms with E-state index in [0.717, 1.165) is 17.0 Å². The molecule has 5 nitrogen and oxygen atoms in total. The van der Waals surface area contributed by atoms with Gasteiger partial charge in [0, 0.05) is 24.6 Å². The molecule has 0 saturated heterocycles. The monoisotopic (exact) mass is 310 g/mol. The molecule has 0 fully saturated rings. The van der Waals surface area contributed by atoms with Crippen LogP contribution < -0.4 is 0 Å². The van der Waals surface area contributed by atoms with E-state index in [2.05, 4.69) is 19.9 Å². The average Bonchev–Trinajstić information content (AvgIpc) is 2.35. The summed E-state index contributed by atoms with van der Waals surface area (Å²) in [5, 5.41) is 1.75. The van der Waals surface area contributed by atoms with Gasteiger partial charge in [0.15, 0.2) is 11.0 Å². The first-order valence-electron chi connectivity index (χ1n) is 6.01. The summed E-state index contributed by atoms with van der Waals surface area (Å²) in [6.07, 6.45) is 0. The number of ether oxygens (including phenoxy) is 1. The molecule has 0 atom stereocenters. The van der Waals surface area contributed by atoms with Crippen LogP contribution in [0.3, 0.4) is 0 Å². The van der Waals surface area contributed by atoms with Gasteiger partial charge in [0.2, 0.25) is 0 Å². The molecule has 0 aliphatic carbocycles. The second-order valence-corrected chi connectivity index (χ2v) is 5.66. The molecule has 0 N–H and O–H groups in total. The van der Waals surface area contributed by atoms with Crippen molar-refractivity contribution in [1.29, 1.82) is 0 Å². The van der Waals surface area contributed by atoms with Crippen molar-refractivity contribution < 1.29 is 4.74 Å². The van der Waals surface area contributed by atoms with Crippen molar-refractivity contribution in [2.24, 2.45) is 0 Å². The molecular weight excluding hydrogens is 296 g/mol. The van der Waals surface area contributed by atoms with Gasteiger partial charge in [0.25, 0.3) is 0 Å². The summed E-state index contributed by atoms with van der Waals surface area (Å²) in [5.74, 6) is 0.544. The third-order valence-corrected chi connectivity index (χ3v) is 3.78. The lowest BCUT2D eigenvalue weighted by Crippen LogP contribution is -2.00. The maximum absolute atomic E-state index is 5.98. The zero-order valence-electron chi connectivity index (χ0n) is 11.8. The number of rotatable bonds is 4. The SMILES string of the molecule is COCc1nc(Cl)cc(Sc2nc(C)c(C)c(C)n2)n1. The van der Waals surface area contributed by atoms with Crippen molar-refractivity contribution in [3.05, 3.63) is 34.0 Å². The minimum atomic E-state index is 0.320. The van der Waals surface area contributed by atoms with E-state index in [1.165, 1.54) is 11.8 Å². The molecule has 0 bridgehead atoms. The number of hydrogen-bond acceptors (Lipinski definition) is 6. The van der Waals surface area contributed by atoms with Gasteiger partial charge in [-0.1, -0.05) is 11.6 Å². The minimum Gasteiger partial charge on any atom is -0.377 e. The van der Waals surface area contributed by atoms with Gasteiger partial charge in [0.1, 0.15) is 16.8 Å². The van der Waals surface area contributed by atoms with Crippen molar-refractivity contribution in [1.82, 2.24) is 19.9 Å². The Kier molecular flexibility index (Phi) is 4.91. The van der Waals surface area contributed by atoms with Crippen molar-refractivity contribution in [3.8, 4) is 0 Å². The number of aryl methyl sites for hydroxylation is 2. The molecule has 0 radical (unpaired) electrons. The van der Waals surface area contributed by atoms with Crippen LogP contribution in [-0.4, -0.2) is 27.0 Å². The van der Waals surface area contributed by atoms with Gasteiger partial charge >= 0.3 is 0 Å². The van der Waals surface area contributed by atoms with E-state index in [-0.39, 0.29) is 0 Å². The highest BCUT2D eigenvalue weighted by Crippen LogP contribution is 2.26. The second-order valence-electron chi connectivity index (χ2n) is 4.28. The first-order valence-corrected chi connectivity index (χ1v) is 7.21. The van der Waals surface area contributed by atoms with E-state index in [9.17, 15) is 0 Å². The largest absolute Gasteiger partial charge is 0.377 e. The fourth-order valence-corrected chi connectivity index (χ4v) is 2.71. The molecule has 0 saturated carbocycles. The van der Waals surface area contributed by atoms with Crippen LogP contribution in [0.15, 0.2) is 16.2 Å². The van der Waals surface area contributed by atoms with Crippen LogP contribution in [0.5, 0.6) is 0 Å². The zero-order chi connectivity index (χ0) is 14.7. The lowest BCUT2D eigenvalue weighted by Gasteiger charge is -2.07. The van der Waals surface area contributed by atoms with E-state index in [1.54, 1.807) is 13.2 Å². The van der Waals surface area contributed by atoms with Gasteiger partial charge < -0.3 is 4.74 Å². The summed E-state index contributed by atoms with van der Waals surface area (Å²) in [5.41, 5.74) is 3.05. The fourth-order valence-electron chi connectivity index (χ4n) is 1.57. The van der Waals surface area contributed by atoms with Crippen molar-refractivity contribution >= 4 is 23.4 Å². The predicted octanol–water partition coefficient (Wildman–Crippen LogP) is 3.14. The van der Waals surface area contributed by atoms with Crippen LogP contribution in [0.25, 0.3) is 0 Å². The van der Waals surface area contributed by atoms with Crippen LogP contribution in [0, 0.1) is 20.8 Å². The van der Waals surface area contributed by atoms with Crippen LogP contribution in [0.4, 0.5) is 0 Å². The van der Waals surface area contributed by atoms with E-state index in [0.29, 0.717) is 27.8 Å². The van der Waals surface area contributed by atoms with Crippen LogP contribution in [-0.2, 0) is 11.3 Å². The van der Waals surface area contributed by atoms with E-state index < -0.39 is 0 Å². The number of hydrogen-bond donors (Lipinski definition) is 0. The molecule has 20 heavy (non-hydrogen) atoms. The molecule has 7 heteroatoms. The van der Waals surface area contributed by atoms with Crippen LogP contribution in [0.2, 0.25) is 5.15 Å². The topological polar surface area (TPSA) is 60.8 Å². The average molecular weight is 311 g/mol. The lowest BCUT2D eigenvalue weighted by atomic mass is 10.2. The summed E-state index contributed by atoms with van der Waals surface area (Å²) in [7, 11) is 1.59. The Bertz CT molecular complexity index is 613. The van der Waals surface area contributed by atoms with Gasteiger partial charge in [0.05, 0.1) is 0 Å². The Balaban J connectivity index is 2.30. The fraction of sp³-hybridized carbons (Fsp3) is 0.385. The third-order valence-electron chi connectivity index (χ3n) is 2.80. The number of aromatic nitrogens is 4. The van der Waals surface area contributed by atoms with Crippen LogP contribution >= 0.6 is 23.4 Å². The van der Waals surface area contributed by atoms with Gasteiger partial charge in [-0.15, -0.1) is 0 Å². The molecule has 0 spiro atoms. The van der Waals surface area contributed by atoms with Gasteiger partial charge in [-0.25, -0.2) is 19.9 Å². The Labute approximate surface area is 127 Å². The van der Waals surface area contributed by atoms with Gasteiger partial charge in [-0.3, -0.25) is 0 Å². The Hall–Kier alpha value is -1.24. The van der Waals surface area contributed by atoms with E-state index in [1.807, 2.05) is 20.8 Å². The first kappa shape index (κ1) is 15.2. The second kappa shape index (κ2) is 6.47. The quantitative estimate of drug-likeness (QED) is 0.638. The van der Waals surface area contributed by atoms with Crippen LogP contribution in [0.1, 0.15) is 22.8 Å². The first-order chi connectivity index (χ1) is 9.49. The molecule has 0 amide bonds. The summed E-state index contributed by atoms with van der Waals surface area (Å²) in [6.45, 7) is 6.27. The zero-order valence-corrected chi connectivity index (χ0v) is 13.3. The van der Waals surface area contributed by atoms with Gasteiger partial charge in [-0.05, 0) is 38.1 Å². The number of methoxy groups -OCH3 is 1. The van der Waals surface area contributed by atoms with Crippen molar-refractivity contribution in [3.63, 3.8) is 0 Å². The minimum absolute atomic E-state index is 0.320. The summed E-state index contributed by atoms with van der Waals surface area (Å²) in [6, 6.07) is 1.69. The summed E-state index contributed by atoms with van der Waals surface area (Å²) in [4.78, 5) is 17.4. The summed E-state index contributed by atoms with van der Waals surface area (Å²) < 4.78 is 5.02. The predicted molar refractivity (Wildman–Crippen MR) is 78.1 cm³/mol. The Morgan fingerprint density at radius 2 is 1.75 bits per heavy atom. The van der Waals surface area contributed by atoms with Crippen molar-refractivity contribution in [2.75, 3.05) is 7.11 Å². The number of nitrogens with zero attached hydrogens (tertiary/aromatic N) is 4. The maximum atomic E-state index is 5.98. The smallest absolute Gasteiger partial charge is 0.194 e. The maximum Gasteiger partial charge on any atom is 0.194 e. The molecule has 2 heterocycles. The normalized spacial score (nSPS) is 10.8. The van der Waals surface area contributed by atoms with E-state index in [4.69, 9.17) is 16.3 Å². The molecule has 0 unspecified atom stereocenters. The molecule has 2 aromatic rings.